The molecule has 0 radical (unpaired) electrons. The van der Waals surface area contributed by atoms with Crippen molar-refractivity contribution >= 4 is 9.84 Å². The first kappa shape index (κ1) is 16.8. The van der Waals surface area contributed by atoms with E-state index in [4.69, 9.17) is 0 Å². The Labute approximate surface area is 130 Å². The molecular weight excluding hydrogens is 280 g/mol. The zero-order chi connectivity index (χ0) is 15.1. The molecule has 0 N–H and O–H groups in total. The van der Waals surface area contributed by atoms with Gasteiger partial charge in [-0.15, -0.1) is 6.58 Å². The standard InChI is InChI=1S/C18H30O2S/c1-2-3-4-5-6-7-8-9-10-11-16-14-17-12-13-18(15-16)21(17,19)20/h2,14,17-18H,1,3-13,15H2. The third-order valence-electron chi connectivity index (χ3n) is 4.98. The molecule has 0 aliphatic carbocycles. The van der Waals surface area contributed by atoms with Gasteiger partial charge < -0.3 is 0 Å². The van der Waals surface area contributed by atoms with E-state index in [2.05, 4.69) is 12.7 Å². The van der Waals surface area contributed by atoms with Crippen LogP contribution in [0, 0.1) is 0 Å². The molecule has 2 atom stereocenters. The molecule has 2 bridgehead atoms. The molecule has 2 rings (SSSR count). The molecule has 2 nitrogen and oxygen atoms in total. The second-order valence-corrected chi connectivity index (χ2v) is 9.11. The van der Waals surface area contributed by atoms with Gasteiger partial charge in [-0.3, -0.25) is 0 Å². The fourth-order valence-corrected chi connectivity index (χ4v) is 5.91. The maximum atomic E-state index is 12.0. The van der Waals surface area contributed by atoms with Crippen molar-refractivity contribution in [3.63, 3.8) is 0 Å². The summed E-state index contributed by atoms with van der Waals surface area (Å²) < 4.78 is 24.0. The van der Waals surface area contributed by atoms with Gasteiger partial charge in [0.15, 0.2) is 9.84 Å². The highest BCUT2D eigenvalue weighted by molar-refractivity contribution is 7.93. The van der Waals surface area contributed by atoms with Gasteiger partial charge in [-0.05, 0) is 44.9 Å². The van der Waals surface area contributed by atoms with Crippen LogP contribution in [0.3, 0.4) is 0 Å². The highest BCUT2D eigenvalue weighted by Crippen LogP contribution is 2.38. The van der Waals surface area contributed by atoms with Gasteiger partial charge in [0.05, 0.1) is 10.5 Å². The molecule has 0 amide bonds. The van der Waals surface area contributed by atoms with Crippen molar-refractivity contribution < 1.29 is 8.42 Å². The van der Waals surface area contributed by atoms with Crippen LogP contribution in [0.25, 0.3) is 0 Å². The van der Waals surface area contributed by atoms with E-state index >= 15 is 0 Å². The molecule has 1 fully saturated rings. The number of hydrogen-bond donors (Lipinski definition) is 0. The van der Waals surface area contributed by atoms with E-state index in [9.17, 15) is 8.42 Å². The zero-order valence-electron chi connectivity index (χ0n) is 13.2. The summed E-state index contributed by atoms with van der Waals surface area (Å²) in [5.41, 5.74) is 1.42. The van der Waals surface area contributed by atoms with Crippen LogP contribution in [0.1, 0.15) is 77.0 Å². The first-order chi connectivity index (χ1) is 10.1. The Kier molecular flexibility index (Phi) is 6.53. The number of sulfone groups is 1. The minimum atomic E-state index is -2.80. The van der Waals surface area contributed by atoms with Crippen LogP contribution < -0.4 is 0 Å². The number of hydrogen-bond acceptors (Lipinski definition) is 2. The van der Waals surface area contributed by atoms with E-state index in [1.807, 2.05) is 6.08 Å². The molecule has 0 aromatic rings. The fourth-order valence-electron chi connectivity index (χ4n) is 3.66. The Balaban J connectivity index is 1.55. The van der Waals surface area contributed by atoms with Gasteiger partial charge in [-0.2, -0.15) is 0 Å². The summed E-state index contributed by atoms with van der Waals surface area (Å²) in [5, 5.41) is -0.191. The lowest BCUT2D eigenvalue weighted by Crippen LogP contribution is -2.26. The number of unbranched alkanes of at least 4 members (excludes halogenated alkanes) is 7. The predicted octanol–water partition coefficient (Wildman–Crippen LogP) is 4.96. The third-order valence-corrected chi connectivity index (χ3v) is 7.52. The molecule has 1 saturated heterocycles. The summed E-state index contributed by atoms with van der Waals surface area (Å²) in [4.78, 5) is 0. The van der Waals surface area contributed by atoms with E-state index in [0.717, 1.165) is 32.1 Å². The maximum absolute atomic E-state index is 12.0. The average Bonchev–Trinajstić information content (AvgIpc) is 2.66. The summed E-state index contributed by atoms with van der Waals surface area (Å²) in [5.74, 6) is 0. The lowest BCUT2D eigenvalue weighted by atomic mass is 10.0. The molecule has 0 aromatic carbocycles. The average molecular weight is 311 g/mol. The van der Waals surface area contributed by atoms with Crippen molar-refractivity contribution in [1.82, 2.24) is 0 Å². The van der Waals surface area contributed by atoms with Crippen LogP contribution in [0.4, 0.5) is 0 Å². The van der Waals surface area contributed by atoms with Crippen molar-refractivity contribution in [1.29, 1.82) is 0 Å². The highest BCUT2D eigenvalue weighted by atomic mass is 32.2. The van der Waals surface area contributed by atoms with Crippen molar-refractivity contribution in [2.45, 2.75) is 87.5 Å². The Morgan fingerprint density at radius 1 is 1.05 bits per heavy atom. The topological polar surface area (TPSA) is 34.1 Å². The second-order valence-electron chi connectivity index (χ2n) is 6.66. The molecule has 2 heterocycles. The van der Waals surface area contributed by atoms with Crippen molar-refractivity contribution in [3.8, 4) is 0 Å². The van der Waals surface area contributed by atoms with Crippen LogP contribution in [0.5, 0.6) is 0 Å². The monoisotopic (exact) mass is 310 g/mol. The van der Waals surface area contributed by atoms with Gasteiger partial charge in [-0.1, -0.05) is 49.8 Å². The Bertz CT molecular complexity index is 462. The maximum Gasteiger partial charge on any atom is 0.159 e. The quantitative estimate of drug-likeness (QED) is 0.422. The smallest absolute Gasteiger partial charge is 0.159 e. The van der Waals surface area contributed by atoms with Crippen LogP contribution >= 0.6 is 0 Å². The molecular formula is C18H30O2S. The first-order valence-corrected chi connectivity index (χ1v) is 10.3. The fraction of sp³-hybridized carbons (Fsp3) is 0.778. The summed E-state index contributed by atoms with van der Waals surface area (Å²) in [6, 6.07) is 0. The van der Waals surface area contributed by atoms with Gasteiger partial charge in [-0.25, -0.2) is 8.42 Å². The molecule has 2 aliphatic heterocycles. The van der Waals surface area contributed by atoms with Gasteiger partial charge in [0.1, 0.15) is 0 Å². The molecule has 0 aromatic heterocycles. The van der Waals surface area contributed by atoms with Crippen LogP contribution in [0.2, 0.25) is 0 Å². The number of fused-ring (bicyclic) bond motifs is 2. The number of rotatable bonds is 10. The van der Waals surface area contributed by atoms with Crippen molar-refractivity contribution in [2.24, 2.45) is 0 Å². The van der Waals surface area contributed by atoms with E-state index in [1.165, 1.54) is 50.5 Å². The summed E-state index contributed by atoms with van der Waals surface area (Å²) in [6.45, 7) is 3.74. The van der Waals surface area contributed by atoms with Crippen LogP contribution in [0.15, 0.2) is 24.3 Å². The zero-order valence-corrected chi connectivity index (χ0v) is 14.0. The van der Waals surface area contributed by atoms with Crippen molar-refractivity contribution in [3.05, 3.63) is 24.3 Å². The molecule has 2 aliphatic rings. The molecule has 120 valence electrons. The summed E-state index contributed by atoms with van der Waals surface area (Å²) in [6.07, 6.45) is 18.1. The minimum absolute atomic E-state index is 0.0487. The van der Waals surface area contributed by atoms with Gasteiger partial charge in [0.2, 0.25) is 0 Å². The van der Waals surface area contributed by atoms with Gasteiger partial charge >= 0.3 is 0 Å². The second kappa shape index (κ2) is 8.17. The van der Waals surface area contributed by atoms with E-state index < -0.39 is 9.84 Å². The van der Waals surface area contributed by atoms with E-state index in [1.54, 1.807) is 0 Å². The summed E-state index contributed by atoms with van der Waals surface area (Å²) >= 11 is 0. The Hall–Kier alpha value is -0.570. The van der Waals surface area contributed by atoms with Crippen LogP contribution in [-0.4, -0.2) is 18.9 Å². The van der Waals surface area contributed by atoms with Crippen molar-refractivity contribution in [2.75, 3.05) is 0 Å². The van der Waals surface area contributed by atoms with E-state index in [-0.39, 0.29) is 10.5 Å². The van der Waals surface area contributed by atoms with Gasteiger partial charge in [0, 0.05) is 0 Å². The lowest BCUT2D eigenvalue weighted by molar-refractivity contribution is 0.567. The Morgan fingerprint density at radius 3 is 2.38 bits per heavy atom. The first-order valence-electron chi connectivity index (χ1n) is 8.68. The highest BCUT2D eigenvalue weighted by Gasteiger charge is 2.42. The number of allylic oxidation sites excluding steroid dienone is 2. The molecule has 3 heteroatoms. The van der Waals surface area contributed by atoms with E-state index in [0.29, 0.717) is 0 Å². The SMILES string of the molecule is C=CCCCCCCCCCC1=CC2CCC(C1)S2(=O)=O. The van der Waals surface area contributed by atoms with Gasteiger partial charge in [0.25, 0.3) is 0 Å². The molecule has 0 spiro atoms. The molecule has 0 saturated carbocycles. The molecule has 21 heavy (non-hydrogen) atoms. The predicted molar refractivity (Wildman–Crippen MR) is 90.2 cm³/mol. The minimum Gasteiger partial charge on any atom is -0.228 e. The normalized spacial score (nSPS) is 26.6. The lowest BCUT2D eigenvalue weighted by Gasteiger charge is -2.20. The third kappa shape index (κ3) is 4.70. The summed E-state index contributed by atoms with van der Waals surface area (Å²) in [7, 11) is -2.80. The Morgan fingerprint density at radius 2 is 1.71 bits per heavy atom. The van der Waals surface area contributed by atoms with Crippen LogP contribution in [-0.2, 0) is 9.84 Å². The largest absolute Gasteiger partial charge is 0.228 e. The molecule has 2 unspecified atom stereocenters.